The topological polar surface area (TPSA) is 123 Å². The van der Waals surface area contributed by atoms with Crippen molar-refractivity contribution in [1.29, 1.82) is 0 Å². The standard InChI is InChI=1S/C19H28N4O5/c1-11(2)17(20)18(25)21-10-16(24)22-15-5-6-23(19(15)26)12-7-13(27-3)9-14(8-12)28-4/h7-9,11,15,17H,5-6,10,20H2,1-4H3,(H,21,25)(H,22,24)/t15?,17-/m0/s1. The molecule has 1 aromatic rings. The van der Waals surface area contributed by atoms with Crippen LogP contribution in [0.2, 0.25) is 0 Å². The molecule has 28 heavy (non-hydrogen) atoms. The van der Waals surface area contributed by atoms with E-state index >= 15 is 0 Å². The van der Waals surface area contributed by atoms with E-state index in [0.717, 1.165) is 0 Å². The Kier molecular flexibility index (Phi) is 7.22. The van der Waals surface area contributed by atoms with Gasteiger partial charge in [0, 0.05) is 24.7 Å². The molecule has 1 unspecified atom stereocenters. The second-order valence-electron chi connectivity index (χ2n) is 6.96. The van der Waals surface area contributed by atoms with Crippen molar-refractivity contribution in [1.82, 2.24) is 10.6 Å². The van der Waals surface area contributed by atoms with Gasteiger partial charge in [-0.1, -0.05) is 13.8 Å². The molecule has 2 rings (SSSR count). The van der Waals surface area contributed by atoms with E-state index in [0.29, 0.717) is 30.2 Å². The summed E-state index contributed by atoms with van der Waals surface area (Å²) < 4.78 is 10.5. The first-order valence-corrected chi connectivity index (χ1v) is 9.14. The van der Waals surface area contributed by atoms with E-state index in [1.807, 2.05) is 13.8 Å². The highest BCUT2D eigenvalue weighted by Crippen LogP contribution is 2.30. The zero-order valence-electron chi connectivity index (χ0n) is 16.7. The molecule has 1 aromatic carbocycles. The maximum Gasteiger partial charge on any atom is 0.249 e. The SMILES string of the molecule is COc1cc(OC)cc(N2CCC(NC(=O)CNC(=O)[C@@H](N)C(C)C)C2=O)c1. The second-order valence-corrected chi connectivity index (χ2v) is 6.96. The zero-order valence-corrected chi connectivity index (χ0v) is 16.7. The van der Waals surface area contributed by atoms with Crippen LogP contribution in [0.5, 0.6) is 11.5 Å². The van der Waals surface area contributed by atoms with Gasteiger partial charge in [-0.05, 0) is 12.3 Å². The fourth-order valence-corrected chi connectivity index (χ4v) is 2.85. The molecule has 0 radical (unpaired) electrons. The molecule has 0 bridgehead atoms. The molecular formula is C19H28N4O5. The molecule has 1 aliphatic heterocycles. The summed E-state index contributed by atoms with van der Waals surface area (Å²) in [6.07, 6.45) is 0.462. The molecule has 0 spiro atoms. The average Bonchev–Trinajstić information content (AvgIpc) is 3.05. The number of nitrogens with two attached hydrogens (primary N) is 1. The minimum Gasteiger partial charge on any atom is -0.497 e. The first-order chi connectivity index (χ1) is 13.3. The molecule has 0 saturated carbocycles. The smallest absolute Gasteiger partial charge is 0.249 e. The van der Waals surface area contributed by atoms with E-state index in [-0.39, 0.29) is 18.4 Å². The number of anilines is 1. The van der Waals surface area contributed by atoms with E-state index in [2.05, 4.69) is 10.6 Å². The van der Waals surface area contributed by atoms with E-state index in [1.165, 1.54) is 14.2 Å². The van der Waals surface area contributed by atoms with Crippen LogP contribution in [0.3, 0.4) is 0 Å². The highest BCUT2D eigenvalue weighted by atomic mass is 16.5. The molecule has 1 fully saturated rings. The number of hydrogen-bond donors (Lipinski definition) is 3. The summed E-state index contributed by atoms with van der Waals surface area (Å²) in [6.45, 7) is 3.87. The normalized spacial score (nSPS) is 17.4. The molecule has 3 amide bonds. The first kappa shape index (κ1) is 21.5. The molecule has 0 aliphatic carbocycles. The van der Waals surface area contributed by atoms with Crippen molar-refractivity contribution < 1.29 is 23.9 Å². The van der Waals surface area contributed by atoms with E-state index in [1.54, 1.807) is 23.1 Å². The van der Waals surface area contributed by atoms with Crippen LogP contribution in [-0.2, 0) is 14.4 Å². The van der Waals surface area contributed by atoms with Crippen LogP contribution in [0.15, 0.2) is 18.2 Å². The molecule has 1 aliphatic rings. The van der Waals surface area contributed by atoms with Crippen LogP contribution in [0.25, 0.3) is 0 Å². The van der Waals surface area contributed by atoms with Crippen LogP contribution in [0.4, 0.5) is 5.69 Å². The maximum absolute atomic E-state index is 12.7. The number of benzene rings is 1. The van der Waals surface area contributed by atoms with Crippen LogP contribution in [0, 0.1) is 5.92 Å². The van der Waals surface area contributed by atoms with Crippen molar-refractivity contribution in [2.75, 3.05) is 32.2 Å². The quantitative estimate of drug-likeness (QED) is 0.573. The summed E-state index contributed by atoms with van der Waals surface area (Å²) in [5, 5.41) is 5.15. The van der Waals surface area contributed by atoms with Crippen LogP contribution in [-0.4, -0.2) is 57.1 Å². The lowest BCUT2D eigenvalue weighted by atomic mass is 10.1. The summed E-state index contributed by atoms with van der Waals surface area (Å²) in [5.74, 6) is 0.0418. The van der Waals surface area contributed by atoms with E-state index in [4.69, 9.17) is 15.2 Å². The Morgan fingerprint density at radius 2 is 1.82 bits per heavy atom. The Morgan fingerprint density at radius 3 is 2.36 bits per heavy atom. The second kappa shape index (κ2) is 9.41. The Labute approximate surface area is 164 Å². The van der Waals surface area contributed by atoms with Gasteiger partial charge in [0.25, 0.3) is 0 Å². The highest BCUT2D eigenvalue weighted by Gasteiger charge is 2.34. The highest BCUT2D eigenvalue weighted by molar-refractivity contribution is 6.02. The molecule has 9 nitrogen and oxygen atoms in total. The third-order valence-electron chi connectivity index (χ3n) is 4.63. The predicted molar refractivity (Wildman–Crippen MR) is 104 cm³/mol. The predicted octanol–water partition coefficient (Wildman–Crippen LogP) is 0.0248. The Balaban J connectivity index is 1.95. The number of nitrogens with zero attached hydrogens (tertiary/aromatic N) is 1. The lowest BCUT2D eigenvalue weighted by Gasteiger charge is -2.19. The summed E-state index contributed by atoms with van der Waals surface area (Å²) in [5.41, 5.74) is 6.37. The van der Waals surface area contributed by atoms with Gasteiger partial charge in [0.05, 0.1) is 32.5 Å². The Hall–Kier alpha value is -2.81. The van der Waals surface area contributed by atoms with Crippen molar-refractivity contribution in [3.8, 4) is 11.5 Å². The van der Waals surface area contributed by atoms with Crippen LogP contribution >= 0.6 is 0 Å². The molecule has 9 heteroatoms. The first-order valence-electron chi connectivity index (χ1n) is 9.14. The fraction of sp³-hybridized carbons (Fsp3) is 0.526. The lowest BCUT2D eigenvalue weighted by molar-refractivity contribution is -0.128. The summed E-state index contributed by atoms with van der Waals surface area (Å²) in [6, 6.07) is 3.85. The molecular weight excluding hydrogens is 364 g/mol. The number of amides is 3. The van der Waals surface area contributed by atoms with Crippen LogP contribution in [0.1, 0.15) is 20.3 Å². The van der Waals surface area contributed by atoms with Crippen molar-refractivity contribution in [2.45, 2.75) is 32.4 Å². The lowest BCUT2D eigenvalue weighted by Crippen LogP contribution is -2.49. The number of carbonyl (C=O) groups excluding carboxylic acids is 3. The summed E-state index contributed by atoms with van der Waals surface area (Å²) in [7, 11) is 3.07. The molecule has 2 atom stereocenters. The fourth-order valence-electron chi connectivity index (χ4n) is 2.85. The molecule has 0 aromatic heterocycles. The Bertz CT molecular complexity index is 715. The summed E-state index contributed by atoms with van der Waals surface area (Å²) in [4.78, 5) is 38.2. The van der Waals surface area contributed by atoms with Gasteiger partial charge in [0.1, 0.15) is 17.5 Å². The number of methoxy groups -OCH3 is 2. The Morgan fingerprint density at radius 1 is 1.21 bits per heavy atom. The molecule has 4 N–H and O–H groups in total. The van der Waals surface area contributed by atoms with Gasteiger partial charge in [-0.25, -0.2) is 0 Å². The molecule has 154 valence electrons. The van der Waals surface area contributed by atoms with Crippen LogP contribution < -0.4 is 30.7 Å². The van der Waals surface area contributed by atoms with Gasteiger partial charge >= 0.3 is 0 Å². The molecule has 1 heterocycles. The van der Waals surface area contributed by atoms with Crippen molar-refractivity contribution >= 4 is 23.4 Å². The number of nitrogens with one attached hydrogen (secondary N) is 2. The minimum absolute atomic E-state index is 0.0344. The number of rotatable bonds is 8. The van der Waals surface area contributed by atoms with Gasteiger partial charge in [0.15, 0.2) is 0 Å². The van der Waals surface area contributed by atoms with Gasteiger partial charge < -0.3 is 30.7 Å². The maximum atomic E-state index is 12.7. The number of carbonyl (C=O) groups is 3. The van der Waals surface area contributed by atoms with Crippen molar-refractivity contribution in [3.05, 3.63) is 18.2 Å². The van der Waals surface area contributed by atoms with Gasteiger partial charge in [-0.3, -0.25) is 14.4 Å². The largest absolute Gasteiger partial charge is 0.497 e. The van der Waals surface area contributed by atoms with Gasteiger partial charge in [0.2, 0.25) is 17.7 Å². The van der Waals surface area contributed by atoms with Gasteiger partial charge in [-0.15, -0.1) is 0 Å². The zero-order chi connectivity index (χ0) is 20.8. The van der Waals surface area contributed by atoms with Crippen molar-refractivity contribution in [3.63, 3.8) is 0 Å². The summed E-state index contributed by atoms with van der Waals surface area (Å²) >= 11 is 0. The van der Waals surface area contributed by atoms with Crippen molar-refractivity contribution in [2.24, 2.45) is 11.7 Å². The number of hydrogen-bond acceptors (Lipinski definition) is 6. The minimum atomic E-state index is -0.681. The van der Waals surface area contributed by atoms with Gasteiger partial charge in [-0.2, -0.15) is 0 Å². The monoisotopic (exact) mass is 392 g/mol. The number of ether oxygens (including phenoxy) is 2. The van der Waals surface area contributed by atoms with E-state index in [9.17, 15) is 14.4 Å². The van der Waals surface area contributed by atoms with E-state index < -0.39 is 23.9 Å². The average molecular weight is 392 g/mol. The third kappa shape index (κ3) is 5.13. The third-order valence-corrected chi connectivity index (χ3v) is 4.63. The molecule has 1 saturated heterocycles.